The molecule has 1 aromatic rings. The van der Waals surface area contributed by atoms with Crippen molar-refractivity contribution in [2.75, 3.05) is 52.4 Å². The zero-order chi connectivity index (χ0) is 17.2. The van der Waals surface area contributed by atoms with Crippen LogP contribution in [0.1, 0.15) is 18.2 Å². The highest BCUT2D eigenvalue weighted by Crippen LogP contribution is 2.10. The van der Waals surface area contributed by atoms with Gasteiger partial charge in [-0.25, -0.2) is 0 Å². The van der Waals surface area contributed by atoms with Gasteiger partial charge < -0.3 is 15.2 Å². The first-order chi connectivity index (χ1) is 11.7. The number of hydrogen-bond acceptors (Lipinski definition) is 6. The van der Waals surface area contributed by atoms with Crippen molar-refractivity contribution in [3.8, 4) is 0 Å². The van der Waals surface area contributed by atoms with Crippen LogP contribution in [0.4, 0.5) is 0 Å². The maximum Gasteiger partial charge on any atom is 0.234 e. The molecular formula is C17H29N3O3S. The summed E-state index contributed by atoms with van der Waals surface area (Å²) >= 11 is 1.66. The average Bonchev–Trinajstić information content (AvgIpc) is 3.08. The van der Waals surface area contributed by atoms with Crippen LogP contribution in [-0.4, -0.2) is 79.3 Å². The van der Waals surface area contributed by atoms with Crippen molar-refractivity contribution in [2.24, 2.45) is 0 Å². The summed E-state index contributed by atoms with van der Waals surface area (Å²) in [5, 5.41) is 15.0. The van der Waals surface area contributed by atoms with E-state index in [0.29, 0.717) is 26.3 Å². The lowest BCUT2D eigenvalue weighted by atomic mass is 10.2. The highest BCUT2D eigenvalue weighted by molar-refractivity contribution is 7.09. The molecule has 0 aromatic carbocycles. The van der Waals surface area contributed by atoms with Crippen LogP contribution < -0.4 is 5.32 Å². The molecule has 2 rings (SSSR count). The maximum absolute atomic E-state index is 11.7. The second-order valence-electron chi connectivity index (χ2n) is 6.18. The largest absolute Gasteiger partial charge is 0.389 e. The normalized spacial score (nSPS) is 17.8. The van der Waals surface area contributed by atoms with E-state index in [1.165, 1.54) is 4.88 Å². The van der Waals surface area contributed by atoms with Crippen LogP contribution in [0.25, 0.3) is 0 Å². The molecular weight excluding hydrogens is 326 g/mol. The third-order valence-electron chi connectivity index (χ3n) is 4.01. The molecule has 1 aliphatic heterocycles. The van der Waals surface area contributed by atoms with Crippen LogP contribution in [0.2, 0.25) is 0 Å². The quantitative estimate of drug-likeness (QED) is 0.649. The molecule has 24 heavy (non-hydrogen) atoms. The minimum atomic E-state index is -0.468. The summed E-state index contributed by atoms with van der Waals surface area (Å²) in [6, 6.07) is 4.04. The number of hydrogen-bond donors (Lipinski definition) is 2. The number of nitrogens with zero attached hydrogens (tertiary/aromatic N) is 2. The number of piperazine rings is 1. The molecule has 7 heteroatoms. The molecule has 136 valence electrons. The lowest BCUT2D eigenvalue weighted by molar-refractivity contribution is -0.122. The Morgan fingerprint density at radius 1 is 1.38 bits per heavy atom. The van der Waals surface area contributed by atoms with Gasteiger partial charge in [-0.1, -0.05) is 13.0 Å². The van der Waals surface area contributed by atoms with Gasteiger partial charge >= 0.3 is 0 Å². The average molecular weight is 356 g/mol. The van der Waals surface area contributed by atoms with Crippen LogP contribution in [-0.2, 0) is 16.1 Å². The first-order valence-electron chi connectivity index (χ1n) is 8.67. The van der Waals surface area contributed by atoms with Crippen LogP contribution in [0.5, 0.6) is 0 Å². The van der Waals surface area contributed by atoms with Crippen molar-refractivity contribution in [2.45, 2.75) is 26.1 Å². The molecule has 1 aromatic heterocycles. The Labute approximate surface area is 148 Å². The predicted octanol–water partition coefficient (Wildman–Crippen LogP) is 0.769. The van der Waals surface area contributed by atoms with Crippen molar-refractivity contribution in [3.05, 3.63) is 22.4 Å². The van der Waals surface area contributed by atoms with Crippen molar-refractivity contribution < 1.29 is 14.6 Å². The smallest absolute Gasteiger partial charge is 0.234 e. The predicted molar refractivity (Wildman–Crippen MR) is 96.2 cm³/mol. The monoisotopic (exact) mass is 355 g/mol. The third-order valence-corrected chi connectivity index (χ3v) is 4.86. The van der Waals surface area contributed by atoms with Crippen LogP contribution in [0.15, 0.2) is 17.5 Å². The van der Waals surface area contributed by atoms with Gasteiger partial charge in [-0.05, 0) is 17.9 Å². The Balaban J connectivity index is 1.55. The topological polar surface area (TPSA) is 65.0 Å². The zero-order valence-electron chi connectivity index (χ0n) is 14.4. The molecule has 0 aliphatic carbocycles. The number of thiophene rings is 1. The number of aliphatic hydroxyl groups excluding tert-OH is 1. The maximum atomic E-state index is 11.7. The summed E-state index contributed by atoms with van der Waals surface area (Å²) in [6.07, 6.45) is 0.496. The van der Waals surface area contributed by atoms with Gasteiger partial charge in [0.05, 0.1) is 25.9 Å². The van der Waals surface area contributed by atoms with E-state index in [4.69, 9.17) is 4.74 Å². The summed E-state index contributed by atoms with van der Waals surface area (Å²) in [7, 11) is 0. The molecule has 1 atom stereocenters. The molecule has 1 fully saturated rings. The highest BCUT2D eigenvalue weighted by Gasteiger charge is 2.20. The van der Waals surface area contributed by atoms with Crippen LogP contribution >= 0.6 is 11.3 Å². The minimum Gasteiger partial charge on any atom is -0.389 e. The SMILES string of the molecule is CCCNC(=O)CN1CCN(C[C@H](O)COCc2cccs2)CC1. The lowest BCUT2D eigenvalue weighted by Gasteiger charge is -2.35. The van der Waals surface area contributed by atoms with E-state index in [0.717, 1.165) is 39.1 Å². The highest BCUT2D eigenvalue weighted by atomic mass is 32.1. The molecule has 1 saturated heterocycles. The Morgan fingerprint density at radius 2 is 2.12 bits per heavy atom. The molecule has 0 unspecified atom stereocenters. The Morgan fingerprint density at radius 3 is 2.79 bits per heavy atom. The molecule has 2 heterocycles. The number of β-amino-alcohol motifs (C(OH)–C–C–N with tert-alkyl or cyclic N) is 1. The standard InChI is InChI=1S/C17H29N3O3S/c1-2-5-18-17(22)12-20-8-6-19(7-9-20)11-15(21)13-23-14-16-4-3-10-24-16/h3-4,10,15,21H,2,5-9,11-14H2,1H3,(H,18,22)/t15-/m0/s1. The van der Waals surface area contributed by atoms with E-state index in [2.05, 4.69) is 22.0 Å². The van der Waals surface area contributed by atoms with Gasteiger partial charge in [-0.3, -0.25) is 14.6 Å². The fourth-order valence-electron chi connectivity index (χ4n) is 2.69. The van der Waals surface area contributed by atoms with Crippen molar-refractivity contribution in [3.63, 3.8) is 0 Å². The molecule has 2 N–H and O–H groups in total. The third kappa shape index (κ3) is 7.27. The van der Waals surface area contributed by atoms with Crippen molar-refractivity contribution in [1.29, 1.82) is 0 Å². The summed E-state index contributed by atoms with van der Waals surface area (Å²) in [4.78, 5) is 17.3. The fourth-order valence-corrected chi connectivity index (χ4v) is 3.33. The molecule has 0 spiro atoms. The zero-order valence-corrected chi connectivity index (χ0v) is 15.3. The van der Waals surface area contributed by atoms with E-state index in [-0.39, 0.29) is 5.91 Å². The Hall–Kier alpha value is -0.990. The molecule has 0 saturated carbocycles. The first kappa shape index (κ1) is 19.3. The van der Waals surface area contributed by atoms with E-state index in [1.54, 1.807) is 11.3 Å². The summed E-state index contributed by atoms with van der Waals surface area (Å²) in [5.41, 5.74) is 0. The van der Waals surface area contributed by atoms with Gasteiger partial charge in [-0.15, -0.1) is 11.3 Å². The van der Waals surface area contributed by atoms with Gasteiger partial charge in [0.2, 0.25) is 5.91 Å². The van der Waals surface area contributed by atoms with Gasteiger partial charge in [0.25, 0.3) is 0 Å². The number of carbonyl (C=O) groups excluding carboxylic acids is 1. The van der Waals surface area contributed by atoms with Gasteiger partial charge in [0.1, 0.15) is 0 Å². The summed E-state index contributed by atoms with van der Waals surface area (Å²) in [5.74, 6) is 0.104. The number of carbonyl (C=O) groups is 1. The number of ether oxygens (including phenoxy) is 1. The van der Waals surface area contributed by atoms with Gasteiger partial charge in [-0.2, -0.15) is 0 Å². The van der Waals surface area contributed by atoms with E-state index in [9.17, 15) is 9.90 Å². The van der Waals surface area contributed by atoms with Crippen LogP contribution in [0.3, 0.4) is 0 Å². The van der Waals surface area contributed by atoms with Crippen molar-refractivity contribution in [1.82, 2.24) is 15.1 Å². The fraction of sp³-hybridized carbons (Fsp3) is 0.706. The van der Waals surface area contributed by atoms with E-state index >= 15 is 0 Å². The van der Waals surface area contributed by atoms with E-state index in [1.807, 2.05) is 17.5 Å². The van der Waals surface area contributed by atoms with E-state index < -0.39 is 6.10 Å². The number of rotatable bonds is 10. The summed E-state index contributed by atoms with van der Waals surface area (Å²) < 4.78 is 5.56. The van der Waals surface area contributed by atoms with Crippen LogP contribution in [0, 0.1) is 0 Å². The second-order valence-corrected chi connectivity index (χ2v) is 7.21. The molecule has 6 nitrogen and oxygen atoms in total. The lowest BCUT2D eigenvalue weighted by Crippen LogP contribution is -2.51. The molecule has 0 bridgehead atoms. The van der Waals surface area contributed by atoms with Crippen molar-refractivity contribution >= 4 is 17.2 Å². The number of amides is 1. The second kappa shape index (κ2) is 10.8. The summed E-state index contributed by atoms with van der Waals surface area (Å²) in [6.45, 7) is 8.30. The number of nitrogens with one attached hydrogen (secondary N) is 1. The Bertz CT molecular complexity index is 462. The van der Waals surface area contributed by atoms with Gasteiger partial charge in [0, 0.05) is 44.1 Å². The Kier molecular flexibility index (Phi) is 8.69. The molecule has 1 aliphatic rings. The minimum absolute atomic E-state index is 0.104. The first-order valence-corrected chi connectivity index (χ1v) is 9.55. The van der Waals surface area contributed by atoms with Gasteiger partial charge in [0.15, 0.2) is 0 Å². The molecule has 0 radical (unpaired) electrons. The molecule has 1 amide bonds. The number of aliphatic hydroxyl groups is 1.